The maximum atomic E-state index is 14.9. The van der Waals surface area contributed by atoms with Gasteiger partial charge in [0.25, 0.3) is 0 Å². The van der Waals surface area contributed by atoms with Crippen LogP contribution in [0.4, 0.5) is 14.6 Å². The minimum Gasteiger partial charge on any atom is -0.477 e. The van der Waals surface area contributed by atoms with E-state index in [0.717, 1.165) is 12.3 Å². The molecule has 160 valence electrons. The Morgan fingerprint density at radius 2 is 2.23 bits per heavy atom. The van der Waals surface area contributed by atoms with E-state index < -0.39 is 41.0 Å². The lowest BCUT2D eigenvalue weighted by atomic mass is 10.0. The van der Waals surface area contributed by atoms with Gasteiger partial charge in [0.15, 0.2) is 11.6 Å². The quantitative estimate of drug-likeness (QED) is 0.701. The van der Waals surface area contributed by atoms with Crippen LogP contribution in [0.5, 0.6) is 0 Å². The van der Waals surface area contributed by atoms with Crippen LogP contribution in [-0.4, -0.2) is 58.2 Å². The smallest absolute Gasteiger partial charge is 0.341 e. The van der Waals surface area contributed by atoms with Crippen molar-refractivity contribution < 1.29 is 23.5 Å². The summed E-state index contributed by atoms with van der Waals surface area (Å²) < 4.78 is 30.0. The van der Waals surface area contributed by atoms with Crippen LogP contribution in [0.15, 0.2) is 22.2 Å². The lowest BCUT2D eigenvalue weighted by Crippen LogP contribution is -2.49. The molecule has 3 atom stereocenters. The average molecular weight is 421 g/mol. The second-order valence-electron chi connectivity index (χ2n) is 7.37. The molecule has 4 rings (SSSR count). The summed E-state index contributed by atoms with van der Waals surface area (Å²) in [4.78, 5) is 34.9. The molecular formula is C19H21F2N5O4. The highest BCUT2D eigenvalue weighted by Crippen LogP contribution is 2.40. The molecule has 2 aromatic heterocycles. The fourth-order valence-corrected chi connectivity index (χ4v) is 3.63. The number of anilines is 1. The molecular weight excluding hydrogens is 400 g/mol. The van der Waals surface area contributed by atoms with Crippen LogP contribution in [-0.2, 0) is 4.84 Å². The molecule has 1 aliphatic carbocycles. The van der Waals surface area contributed by atoms with Crippen molar-refractivity contribution in [3.05, 3.63) is 33.9 Å². The topological polar surface area (TPSA) is 123 Å². The minimum atomic E-state index is -1.46. The number of carboxylic acid groups (broad SMARTS) is 1. The van der Waals surface area contributed by atoms with E-state index in [4.69, 9.17) is 10.6 Å². The Morgan fingerprint density at radius 1 is 1.50 bits per heavy atom. The van der Waals surface area contributed by atoms with Gasteiger partial charge in [0, 0.05) is 32.1 Å². The third kappa shape index (κ3) is 3.49. The predicted octanol–water partition coefficient (Wildman–Crippen LogP) is 1.45. The summed E-state index contributed by atoms with van der Waals surface area (Å²) in [5.41, 5.74) is 5.43. The summed E-state index contributed by atoms with van der Waals surface area (Å²) in [6, 6.07) is -0.156. The van der Waals surface area contributed by atoms with Crippen molar-refractivity contribution in [1.29, 1.82) is 0 Å². The molecule has 0 aromatic carbocycles. The van der Waals surface area contributed by atoms with E-state index >= 15 is 0 Å². The molecule has 1 saturated carbocycles. The van der Waals surface area contributed by atoms with E-state index in [1.165, 1.54) is 4.57 Å². The Hall–Kier alpha value is -3.08. The number of piperidine rings is 1. The number of oxime groups is 1. The zero-order valence-electron chi connectivity index (χ0n) is 16.2. The van der Waals surface area contributed by atoms with Gasteiger partial charge in [0.1, 0.15) is 24.0 Å². The summed E-state index contributed by atoms with van der Waals surface area (Å²) in [6.45, 7) is 2.82. The summed E-state index contributed by atoms with van der Waals surface area (Å²) in [6.07, 6.45) is 0.534. The second-order valence-corrected chi connectivity index (χ2v) is 7.37. The van der Waals surface area contributed by atoms with Crippen molar-refractivity contribution in [2.45, 2.75) is 38.0 Å². The number of fused-ring (bicyclic) bond motifs is 1. The van der Waals surface area contributed by atoms with Gasteiger partial charge < -0.3 is 25.1 Å². The molecule has 2 aromatic rings. The highest BCUT2D eigenvalue weighted by atomic mass is 19.1. The molecule has 0 radical (unpaired) electrons. The number of carbonyl (C=O) groups is 1. The normalized spacial score (nSPS) is 25.0. The van der Waals surface area contributed by atoms with Crippen LogP contribution >= 0.6 is 0 Å². The molecule has 3 N–H and O–H groups in total. The Morgan fingerprint density at radius 3 is 2.83 bits per heavy atom. The van der Waals surface area contributed by atoms with Crippen molar-refractivity contribution in [2.24, 2.45) is 10.9 Å². The first-order chi connectivity index (χ1) is 14.3. The third-order valence-corrected chi connectivity index (χ3v) is 5.30. The van der Waals surface area contributed by atoms with Crippen LogP contribution in [0.3, 0.4) is 0 Å². The first-order valence-corrected chi connectivity index (χ1v) is 9.63. The number of rotatable bonds is 5. The van der Waals surface area contributed by atoms with E-state index in [-0.39, 0.29) is 29.8 Å². The highest BCUT2D eigenvalue weighted by molar-refractivity contribution is 5.93. The first kappa shape index (κ1) is 20.2. The molecule has 2 fully saturated rings. The van der Waals surface area contributed by atoms with Crippen molar-refractivity contribution in [3.63, 3.8) is 0 Å². The van der Waals surface area contributed by atoms with Gasteiger partial charge in [-0.3, -0.25) is 4.79 Å². The number of hydrogen-bond acceptors (Lipinski definition) is 7. The zero-order chi connectivity index (χ0) is 21.6. The molecule has 1 aliphatic heterocycles. The Bertz CT molecular complexity index is 1100. The molecule has 0 spiro atoms. The van der Waals surface area contributed by atoms with Gasteiger partial charge in [0.2, 0.25) is 5.43 Å². The summed E-state index contributed by atoms with van der Waals surface area (Å²) >= 11 is 0. The van der Waals surface area contributed by atoms with Crippen LogP contribution in [0, 0.1) is 5.82 Å². The van der Waals surface area contributed by atoms with Gasteiger partial charge in [-0.25, -0.2) is 18.6 Å². The first-order valence-electron chi connectivity index (χ1n) is 9.63. The SMILES string of the molecule is CCON=C1CCN(c2nc3c(cc2F)c(=O)c(C(=O)O)cn3[C@@H]2C[C@@H]2F)CC1N. The number of alkyl halides is 1. The van der Waals surface area contributed by atoms with Gasteiger partial charge in [-0.15, -0.1) is 0 Å². The van der Waals surface area contributed by atoms with Gasteiger partial charge >= 0.3 is 5.97 Å². The van der Waals surface area contributed by atoms with Crippen molar-refractivity contribution >= 4 is 28.5 Å². The van der Waals surface area contributed by atoms with E-state index in [1.54, 1.807) is 11.8 Å². The molecule has 1 unspecified atom stereocenters. The molecule has 1 saturated heterocycles. The number of nitrogens with two attached hydrogens (primary N) is 1. The number of pyridine rings is 2. The van der Waals surface area contributed by atoms with Gasteiger partial charge in [-0.05, 0) is 13.0 Å². The molecule has 2 aliphatic rings. The monoisotopic (exact) mass is 421 g/mol. The van der Waals surface area contributed by atoms with Crippen LogP contribution in [0.25, 0.3) is 11.0 Å². The van der Waals surface area contributed by atoms with Gasteiger partial charge in [0.05, 0.1) is 23.2 Å². The van der Waals surface area contributed by atoms with E-state index in [2.05, 4.69) is 10.1 Å². The second kappa shape index (κ2) is 7.63. The zero-order valence-corrected chi connectivity index (χ0v) is 16.2. The fourth-order valence-electron chi connectivity index (χ4n) is 3.63. The lowest BCUT2D eigenvalue weighted by Gasteiger charge is -2.32. The van der Waals surface area contributed by atoms with E-state index in [9.17, 15) is 23.5 Å². The standard InChI is InChI=1S/C19H21F2N5O4/c1-2-30-24-14-3-4-25(8-13(14)22)18-12(21)5-9-16(27)10(19(28)29)7-26(17(9)23-18)15-6-11(15)20/h5,7,11,13,15H,2-4,6,8,22H2,1H3,(H,28,29)/t11-,13?,15+/m0/s1. The molecule has 9 nitrogen and oxygen atoms in total. The summed E-state index contributed by atoms with van der Waals surface area (Å²) in [5, 5.41) is 13.1. The predicted molar refractivity (Wildman–Crippen MR) is 105 cm³/mol. The number of hydrogen-bond donors (Lipinski definition) is 2. The van der Waals surface area contributed by atoms with E-state index in [1.807, 2.05) is 0 Å². The van der Waals surface area contributed by atoms with Crippen molar-refractivity contribution in [3.8, 4) is 0 Å². The summed E-state index contributed by atoms with van der Waals surface area (Å²) in [7, 11) is 0. The van der Waals surface area contributed by atoms with Gasteiger partial charge in [-0.2, -0.15) is 0 Å². The number of halogens is 2. The fraction of sp³-hybridized carbons (Fsp3) is 0.474. The molecule has 0 bridgehead atoms. The Kier molecular flexibility index (Phi) is 5.14. The van der Waals surface area contributed by atoms with Crippen molar-refractivity contribution in [2.75, 3.05) is 24.6 Å². The third-order valence-electron chi connectivity index (χ3n) is 5.30. The van der Waals surface area contributed by atoms with E-state index in [0.29, 0.717) is 25.3 Å². The number of nitrogens with zero attached hydrogens (tertiary/aromatic N) is 4. The van der Waals surface area contributed by atoms with Gasteiger partial charge in [-0.1, -0.05) is 5.16 Å². The summed E-state index contributed by atoms with van der Waals surface area (Å²) in [5.74, 6) is -2.27. The number of aromatic nitrogens is 2. The maximum Gasteiger partial charge on any atom is 0.341 e. The molecule has 30 heavy (non-hydrogen) atoms. The molecule has 11 heteroatoms. The molecule has 3 heterocycles. The lowest BCUT2D eigenvalue weighted by molar-refractivity contribution is 0.0694. The van der Waals surface area contributed by atoms with Crippen LogP contribution in [0.1, 0.15) is 36.2 Å². The highest BCUT2D eigenvalue weighted by Gasteiger charge is 2.40. The Balaban J connectivity index is 1.78. The number of carboxylic acids is 1. The minimum absolute atomic E-state index is 0.0271. The largest absolute Gasteiger partial charge is 0.477 e. The molecule has 0 amide bonds. The number of aromatic carboxylic acids is 1. The maximum absolute atomic E-state index is 14.9. The Labute approximate surface area is 169 Å². The van der Waals surface area contributed by atoms with Crippen LogP contribution in [0.2, 0.25) is 0 Å². The van der Waals surface area contributed by atoms with Crippen LogP contribution < -0.4 is 16.1 Å². The average Bonchev–Trinajstić information content (AvgIpc) is 3.43. The van der Waals surface area contributed by atoms with Crippen molar-refractivity contribution in [1.82, 2.24) is 9.55 Å².